The van der Waals surface area contributed by atoms with Crippen molar-refractivity contribution < 1.29 is 0 Å². The molecule has 1 aliphatic carbocycles. The lowest BCUT2D eigenvalue weighted by Crippen LogP contribution is -2.33. The van der Waals surface area contributed by atoms with Crippen LogP contribution >= 0.6 is 0 Å². The number of nitrogens with zero attached hydrogens (tertiary/aromatic N) is 3. The predicted octanol–water partition coefficient (Wildman–Crippen LogP) is 3.48. The summed E-state index contributed by atoms with van der Waals surface area (Å²) in [5.41, 5.74) is 2.32. The molecule has 1 aromatic rings. The highest BCUT2D eigenvalue weighted by Gasteiger charge is 2.20. The van der Waals surface area contributed by atoms with Crippen molar-refractivity contribution in [2.75, 3.05) is 19.0 Å². The molecule has 0 aliphatic heterocycles. The van der Waals surface area contributed by atoms with E-state index in [4.69, 9.17) is 4.98 Å². The van der Waals surface area contributed by atoms with Crippen LogP contribution in [0, 0.1) is 0 Å². The summed E-state index contributed by atoms with van der Waals surface area (Å²) < 4.78 is 0. The molecule has 0 bridgehead atoms. The van der Waals surface area contributed by atoms with Gasteiger partial charge in [0.2, 0.25) is 0 Å². The first-order chi connectivity index (χ1) is 10.1. The van der Waals surface area contributed by atoms with Crippen molar-refractivity contribution in [3.8, 4) is 0 Å². The average molecular weight is 290 g/mol. The van der Waals surface area contributed by atoms with E-state index in [0.29, 0.717) is 12.0 Å². The molecule has 1 fully saturated rings. The number of hydrogen-bond donors (Lipinski definition) is 1. The molecule has 0 radical (unpaired) electrons. The summed E-state index contributed by atoms with van der Waals surface area (Å²) in [7, 11) is 4.19. The van der Waals surface area contributed by atoms with Gasteiger partial charge in [-0.3, -0.25) is 0 Å². The molecular formula is C17H30N4. The number of nitrogens with one attached hydrogen (secondary N) is 1. The lowest BCUT2D eigenvalue weighted by atomic mass is 10.1. The largest absolute Gasteiger partial charge is 0.369 e. The molecule has 1 saturated carbocycles. The van der Waals surface area contributed by atoms with Gasteiger partial charge in [0.15, 0.2) is 0 Å². The fraction of sp³-hybridized carbons (Fsp3) is 0.765. The molecule has 1 aromatic heterocycles. The Morgan fingerprint density at radius 3 is 2.48 bits per heavy atom. The zero-order valence-corrected chi connectivity index (χ0v) is 14.0. The number of rotatable bonds is 5. The molecule has 0 aromatic carbocycles. The number of aromatic nitrogens is 2. The standard InChI is InChI=1S/C17H30N4/c1-13(2)17-19-12-16(15(20-17)11-18-3)21(4)14-9-7-5-6-8-10-14/h12-14,18H,5-11H2,1-4H3. The lowest BCUT2D eigenvalue weighted by Gasteiger charge is -2.30. The van der Waals surface area contributed by atoms with Gasteiger partial charge in [0, 0.05) is 25.6 Å². The lowest BCUT2D eigenvalue weighted by molar-refractivity contribution is 0.548. The van der Waals surface area contributed by atoms with Gasteiger partial charge in [-0.05, 0) is 19.9 Å². The van der Waals surface area contributed by atoms with Crippen molar-refractivity contribution in [2.24, 2.45) is 0 Å². The minimum absolute atomic E-state index is 0.373. The Labute approximate surface area is 129 Å². The Bertz CT molecular complexity index is 436. The van der Waals surface area contributed by atoms with Crippen LogP contribution in [0.25, 0.3) is 0 Å². The van der Waals surface area contributed by atoms with E-state index in [9.17, 15) is 0 Å². The van der Waals surface area contributed by atoms with Gasteiger partial charge in [0.05, 0.1) is 17.6 Å². The van der Waals surface area contributed by atoms with E-state index in [-0.39, 0.29) is 0 Å². The van der Waals surface area contributed by atoms with E-state index in [2.05, 4.69) is 36.1 Å². The number of anilines is 1. The van der Waals surface area contributed by atoms with Crippen LogP contribution in [0.15, 0.2) is 6.20 Å². The first-order valence-electron chi connectivity index (χ1n) is 8.36. The van der Waals surface area contributed by atoms with Crippen molar-refractivity contribution in [3.63, 3.8) is 0 Å². The van der Waals surface area contributed by atoms with Gasteiger partial charge >= 0.3 is 0 Å². The maximum absolute atomic E-state index is 4.79. The summed E-state index contributed by atoms with van der Waals surface area (Å²) in [6, 6.07) is 0.636. The van der Waals surface area contributed by atoms with Crippen LogP contribution in [0.5, 0.6) is 0 Å². The molecule has 0 spiro atoms. The Morgan fingerprint density at radius 2 is 1.90 bits per heavy atom. The minimum Gasteiger partial charge on any atom is -0.369 e. The third kappa shape index (κ3) is 4.16. The van der Waals surface area contributed by atoms with Gasteiger partial charge in [-0.1, -0.05) is 39.5 Å². The van der Waals surface area contributed by atoms with Crippen LogP contribution in [0.3, 0.4) is 0 Å². The van der Waals surface area contributed by atoms with Crippen LogP contribution in [0.1, 0.15) is 69.8 Å². The van der Waals surface area contributed by atoms with Gasteiger partial charge in [-0.2, -0.15) is 0 Å². The molecule has 21 heavy (non-hydrogen) atoms. The topological polar surface area (TPSA) is 41.1 Å². The predicted molar refractivity (Wildman–Crippen MR) is 88.8 cm³/mol. The van der Waals surface area contributed by atoms with Crippen LogP contribution in [0.4, 0.5) is 5.69 Å². The molecule has 0 amide bonds. The summed E-state index contributed by atoms with van der Waals surface area (Å²) in [4.78, 5) is 11.8. The first-order valence-corrected chi connectivity index (χ1v) is 8.36. The Morgan fingerprint density at radius 1 is 1.24 bits per heavy atom. The summed E-state index contributed by atoms with van der Waals surface area (Å²) >= 11 is 0. The van der Waals surface area contributed by atoms with E-state index < -0.39 is 0 Å². The van der Waals surface area contributed by atoms with Gasteiger partial charge in [0.1, 0.15) is 5.82 Å². The quantitative estimate of drug-likeness (QED) is 0.843. The van der Waals surface area contributed by atoms with Gasteiger partial charge < -0.3 is 10.2 Å². The Balaban J connectivity index is 2.23. The van der Waals surface area contributed by atoms with Crippen molar-refractivity contribution in [3.05, 3.63) is 17.7 Å². The Kier molecular flexibility index (Phi) is 5.97. The second-order valence-electron chi connectivity index (χ2n) is 6.50. The van der Waals surface area contributed by atoms with Crippen LogP contribution < -0.4 is 10.2 Å². The average Bonchev–Trinajstić information content (AvgIpc) is 2.76. The second-order valence-corrected chi connectivity index (χ2v) is 6.50. The molecule has 2 rings (SSSR count). The summed E-state index contributed by atoms with van der Waals surface area (Å²) in [6.45, 7) is 5.09. The van der Waals surface area contributed by atoms with Crippen LogP contribution in [0.2, 0.25) is 0 Å². The monoisotopic (exact) mass is 290 g/mol. The highest BCUT2D eigenvalue weighted by molar-refractivity contribution is 5.49. The number of hydrogen-bond acceptors (Lipinski definition) is 4. The SMILES string of the molecule is CNCc1nc(C(C)C)ncc1N(C)C1CCCCCC1. The molecular weight excluding hydrogens is 260 g/mol. The maximum atomic E-state index is 4.79. The van der Waals surface area contributed by atoms with Crippen molar-refractivity contribution in [1.82, 2.24) is 15.3 Å². The highest BCUT2D eigenvalue weighted by atomic mass is 15.2. The van der Waals surface area contributed by atoms with Crippen molar-refractivity contribution >= 4 is 5.69 Å². The minimum atomic E-state index is 0.373. The normalized spacial score (nSPS) is 17.0. The van der Waals surface area contributed by atoms with Crippen molar-refractivity contribution in [1.29, 1.82) is 0 Å². The molecule has 0 atom stereocenters. The van der Waals surface area contributed by atoms with Gasteiger partial charge in [-0.25, -0.2) is 9.97 Å². The van der Waals surface area contributed by atoms with Crippen molar-refractivity contribution in [2.45, 2.75) is 70.9 Å². The summed E-state index contributed by atoms with van der Waals surface area (Å²) in [6.07, 6.45) is 10.1. The fourth-order valence-corrected chi connectivity index (χ4v) is 3.14. The van der Waals surface area contributed by atoms with E-state index in [1.165, 1.54) is 44.2 Å². The van der Waals surface area contributed by atoms with E-state index in [0.717, 1.165) is 18.1 Å². The summed E-state index contributed by atoms with van der Waals surface area (Å²) in [5.74, 6) is 1.32. The third-order valence-electron chi connectivity index (χ3n) is 4.48. The molecule has 0 saturated heterocycles. The zero-order valence-electron chi connectivity index (χ0n) is 14.0. The van der Waals surface area contributed by atoms with Gasteiger partial charge in [0.25, 0.3) is 0 Å². The first kappa shape index (κ1) is 16.2. The molecule has 118 valence electrons. The smallest absolute Gasteiger partial charge is 0.131 e. The van der Waals surface area contributed by atoms with Gasteiger partial charge in [-0.15, -0.1) is 0 Å². The second kappa shape index (κ2) is 7.74. The van der Waals surface area contributed by atoms with E-state index >= 15 is 0 Å². The molecule has 1 heterocycles. The molecule has 4 heteroatoms. The van der Waals surface area contributed by atoms with Crippen LogP contribution in [-0.4, -0.2) is 30.1 Å². The third-order valence-corrected chi connectivity index (χ3v) is 4.48. The molecule has 1 aliphatic rings. The molecule has 1 N–H and O–H groups in total. The summed E-state index contributed by atoms with van der Waals surface area (Å²) in [5, 5.41) is 3.24. The van der Waals surface area contributed by atoms with E-state index in [1.54, 1.807) is 0 Å². The van der Waals surface area contributed by atoms with E-state index in [1.807, 2.05) is 13.2 Å². The van der Waals surface area contributed by atoms with Crippen LogP contribution in [-0.2, 0) is 6.54 Å². The Hall–Kier alpha value is -1.16. The maximum Gasteiger partial charge on any atom is 0.131 e. The highest BCUT2D eigenvalue weighted by Crippen LogP contribution is 2.27. The zero-order chi connectivity index (χ0) is 15.2. The molecule has 4 nitrogen and oxygen atoms in total. The fourth-order valence-electron chi connectivity index (χ4n) is 3.14. The molecule has 0 unspecified atom stereocenters.